The molecule has 1 aliphatic rings. The van der Waals surface area contributed by atoms with Crippen molar-refractivity contribution in [1.82, 2.24) is 5.32 Å². The predicted molar refractivity (Wildman–Crippen MR) is 52.2 cm³/mol. The summed E-state index contributed by atoms with van der Waals surface area (Å²) in [5.74, 6) is 0.371. The number of amides is 2. The van der Waals surface area contributed by atoms with Gasteiger partial charge in [0.25, 0.3) is 0 Å². The second-order valence-electron chi connectivity index (χ2n) is 2.94. The molecule has 1 heterocycles. The summed E-state index contributed by atoms with van der Waals surface area (Å²) in [6, 6.07) is 7.28. The highest BCUT2D eigenvalue weighted by molar-refractivity contribution is 6.03. The Bertz CT molecular complexity index is 399. The number of ether oxygens (including phenoxy) is 1. The zero-order valence-corrected chi connectivity index (χ0v) is 7.78. The zero-order chi connectivity index (χ0) is 9.97. The average Bonchev–Trinajstić information content (AvgIpc) is 2.38. The van der Waals surface area contributed by atoms with Gasteiger partial charge in [0.2, 0.25) is 5.90 Å². The lowest BCUT2D eigenvalue weighted by Gasteiger charge is -2.05. The van der Waals surface area contributed by atoms with Gasteiger partial charge in [-0.1, -0.05) is 18.2 Å². The normalized spacial score (nSPS) is 14.9. The SMILES string of the molecule is COC1=NC(=O)NCc2ccccc21. The van der Waals surface area contributed by atoms with Crippen LogP contribution in [0.1, 0.15) is 11.1 Å². The molecular formula is C10H10N2O2. The Kier molecular flexibility index (Phi) is 2.18. The van der Waals surface area contributed by atoms with Gasteiger partial charge in [0.1, 0.15) is 0 Å². The maximum atomic E-state index is 11.1. The number of rotatable bonds is 0. The summed E-state index contributed by atoms with van der Waals surface area (Å²) in [5, 5.41) is 2.66. The molecule has 0 unspecified atom stereocenters. The van der Waals surface area contributed by atoms with E-state index >= 15 is 0 Å². The van der Waals surface area contributed by atoms with Crippen molar-refractivity contribution in [3.63, 3.8) is 0 Å². The fraction of sp³-hybridized carbons (Fsp3) is 0.200. The van der Waals surface area contributed by atoms with Crippen LogP contribution in [0, 0.1) is 0 Å². The van der Waals surface area contributed by atoms with Crippen molar-refractivity contribution in [2.75, 3.05) is 7.11 Å². The molecule has 0 atom stereocenters. The van der Waals surface area contributed by atoms with Crippen molar-refractivity contribution in [1.29, 1.82) is 0 Å². The molecule has 0 aromatic heterocycles. The van der Waals surface area contributed by atoms with E-state index in [0.717, 1.165) is 11.1 Å². The summed E-state index contributed by atoms with van der Waals surface area (Å²) in [6.45, 7) is 0.491. The number of carbonyl (C=O) groups excluding carboxylic acids is 1. The molecule has 2 amide bonds. The standard InChI is InChI=1S/C10H10N2O2/c1-14-9-8-5-3-2-4-7(8)6-11-10(13)12-9/h2-5H,6H2,1H3,(H,11,13). The third-order valence-electron chi connectivity index (χ3n) is 2.07. The van der Waals surface area contributed by atoms with Crippen LogP contribution in [-0.2, 0) is 11.3 Å². The van der Waals surface area contributed by atoms with E-state index in [2.05, 4.69) is 10.3 Å². The zero-order valence-electron chi connectivity index (χ0n) is 7.78. The number of nitrogens with one attached hydrogen (secondary N) is 1. The van der Waals surface area contributed by atoms with E-state index in [1.54, 1.807) is 0 Å². The van der Waals surface area contributed by atoms with E-state index in [9.17, 15) is 4.79 Å². The van der Waals surface area contributed by atoms with Crippen LogP contribution in [0.25, 0.3) is 0 Å². The fourth-order valence-electron chi connectivity index (χ4n) is 1.40. The molecule has 0 aliphatic carbocycles. The number of hydrogen-bond donors (Lipinski definition) is 1. The summed E-state index contributed by atoms with van der Waals surface area (Å²) in [7, 11) is 1.51. The molecule has 4 heteroatoms. The maximum absolute atomic E-state index is 11.1. The molecule has 0 fully saturated rings. The van der Waals surface area contributed by atoms with Crippen molar-refractivity contribution in [3.05, 3.63) is 35.4 Å². The van der Waals surface area contributed by atoms with Crippen molar-refractivity contribution < 1.29 is 9.53 Å². The number of benzene rings is 1. The highest BCUT2D eigenvalue weighted by Crippen LogP contribution is 2.13. The summed E-state index contributed by atoms with van der Waals surface area (Å²) < 4.78 is 5.06. The number of carbonyl (C=O) groups is 1. The number of aliphatic imine (C=N–C) groups is 1. The minimum Gasteiger partial charge on any atom is -0.480 e. The predicted octanol–water partition coefficient (Wildman–Crippen LogP) is 1.30. The molecule has 4 nitrogen and oxygen atoms in total. The fourth-order valence-corrected chi connectivity index (χ4v) is 1.40. The number of fused-ring (bicyclic) bond motifs is 1. The lowest BCUT2D eigenvalue weighted by atomic mass is 10.1. The Balaban J connectivity index is 2.52. The monoisotopic (exact) mass is 190 g/mol. The number of urea groups is 1. The molecule has 1 aromatic carbocycles. The number of methoxy groups -OCH3 is 1. The molecule has 1 N–H and O–H groups in total. The van der Waals surface area contributed by atoms with Gasteiger partial charge in [0.05, 0.1) is 7.11 Å². The van der Waals surface area contributed by atoms with Gasteiger partial charge in [-0.15, -0.1) is 0 Å². The van der Waals surface area contributed by atoms with Crippen LogP contribution < -0.4 is 5.32 Å². The summed E-state index contributed by atoms with van der Waals surface area (Å²) >= 11 is 0. The van der Waals surface area contributed by atoms with Crippen molar-refractivity contribution in [3.8, 4) is 0 Å². The van der Waals surface area contributed by atoms with Gasteiger partial charge in [0.15, 0.2) is 0 Å². The molecule has 72 valence electrons. The number of hydrogen-bond acceptors (Lipinski definition) is 2. The molecule has 1 aliphatic heterocycles. The summed E-state index contributed by atoms with van der Waals surface area (Å²) in [6.07, 6.45) is 0. The molecule has 0 radical (unpaired) electrons. The van der Waals surface area contributed by atoms with Crippen LogP contribution in [-0.4, -0.2) is 19.0 Å². The van der Waals surface area contributed by atoms with Gasteiger partial charge in [-0.05, 0) is 11.6 Å². The van der Waals surface area contributed by atoms with E-state index in [-0.39, 0.29) is 6.03 Å². The topological polar surface area (TPSA) is 50.7 Å². The molecule has 0 saturated carbocycles. The van der Waals surface area contributed by atoms with Crippen LogP contribution >= 0.6 is 0 Å². The van der Waals surface area contributed by atoms with E-state index < -0.39 is 0 Å². The molecule has 0 saturated heterocycles. The smallest absolute Gasteiger partial charge is 0.344 e. The third-order valence-corrected chi connectivity index (χ3v) is 2.07. The Labute approximate surface area is 81.6 Å². The van der Waals surface area contributed by atoms with E-state index in [4.69, 9.17) is 4.74 Å². The lowest BCUT2D eigenvalue weighted by molar-refractivity contribution is 0.248. The lowest BCUT2D eigenvalue weighted by Crippen LogP contribution is -2.17. The minimum atomic E-state index is -0.363. The molecule has 1 aromatic rings. The van der Waals surface area contributed by atoms with E-state index in [0.29, 0.717) is 12.4 Å². The molecule has 2 rings (SSSR count). The first-order valence-electron chi connectivity index (χ1n) is 4.30. The van der Waals surface area contributed by atoms with Crippen LogP contribution in [0.4, 0.5) is 4.79 Å². The molecule has 0 spiro atoms. The highest BCUT2D eigenvalue weighted by atomic mass is 16.5. The number of nitrogens with zero attached hydrogens (tertiary/aromatic N) is 1. The van der Waals surface area contributed by atoms with Gasteiger partial charge < -0.3 is 10.1 Å². The second kappa shape index (κ2) is 3.49. The largest absolute Gasteiger partial charge is 0.480 e. The van der Waals surface area contributed by atoms with Crippen LogP contribution in [0.3, 0.4) is 0 Å². The van der Waals surface area contributed by atoms with Gasteiger partial charge in [-0.25, -0.2) is 4.79 Å². The molecular weight excluding hydrogens is 180 g/mol. The Morgan fingerprint density at radius 2 is 2.21 bits per heavy atom. The first-order valence-corrected chi connectivity index (χ1v) is 4.30. The van der Waals surface area contributed by atoms with Crippen LogP contribution in [0.5, 0.6) is 0 Å². The van der Waals surface area contributed by atoms with Crippen molar-refractivity contribution in [2.45, 2.75) is 6.54 Å². The van der Waals surface area contributed by atoms with Gasteiger partial charge in [-0.3, -0.25) is 0 Å². The quantitative estimate of drug-likeness (QED) is 0.670. The Morgan fingerprint density at radius 1 is 1.43 bits per heavy atom. The minimum absolute atomic E-state index is 0.363. The average molecular weight is 190 g/mol. The first-order chi connectivity index (χ1) is 6.81. The summed E-state index contributed by atoms with van der Waals surface area (Å²) in [4.78, 5) is 14.9. The van der Waals surface area contributed by atoms with E-state index in [1.165, 1.54) is 7.11 Å². The van der Waals surface area contributed by atoms with Gasteiger partial charge in [-0.2, -0.15) is 4.99 Å². The molecule has 0 bridgehead atoms. The summed E-state index contributed by atoms with van der Waals surface area (Å²) in [5.41, 5.74) is 1.88. The first kappa shape index (κ1) is 8.74. The second-order valence-corrected chi connectivity index (χ2v) is 2.94. The van der Waals surface area contributed by atoms with Crippen LogP contribution in [0.15, 0.2) is 29.3 Å². The third kappa shape index (κ3) is 1.46. The Hall–Kier alpha value is -1.84. The van der Waals surface area contributed by atoms with Crippen LogP contribution in [0.2, 0.25) is 0 Å². The molecule has 14 heavy (non-hydrogen) atoms. The van der Waals surface area contributed by atoms with Crippen molar-refractivity contribution >= 4 is 11.9 Å². The highest BCUT2D eigenvalue weighted by Gasteiger charge is 2.15. The van der Waals surface area contributed by atoms with Gasteiger partial charge >= 0.3 is 6.03 Å². The Morgan fingerprint density at radius 3 is 3.00 bits per heavy atom. The van der Waals surface area contributed by atoms with Gasteiger partial charge in [0, 0.05) is 12.1 Å². The van der Waals surface area contributed by atoms with Crippen molar-refractivity contribution in [2.24, 2.45) is 4.99 Å². The van der Waals surface area contributed by atoms with E-state index in [1.807, 2.05) is 24.3 Å². The maximum Gasteiger partial charge on any atom is 0.344 e.